The van der Waals surface area contributed by atoms with Crippen LogP contribution in [0.2, 0.25) is 0 Å². The number of carbonyl (C=O) groups excluding carboxylic acids is 2. The number of hydrogen-bond donors (Lipinski definition) is 5. The Labute approximate surface area is 160 Å². The number of aromatic hydroxyl groups is 1. The van der Waals surface area contributed by atoms with Crippen LogP contribution in [0.1, 0.15) is 29.3 Å². The summed E-state index contributed by atoms with van der Waals surface area (Å²) in [5, 5.41) is 50.9. The van der Waals surface area contributed by atoms with Crippen LogP contribution in [0.4, 0.5) is 0 Å². The molecule has 1 heterocycles. The van der Waals surface area contributed by atoms with Crippen LogP contribution in [-0.4, -0.2) is 81.2 Å². The second-order valence-electron chi connectivity index (χ2n) is 6.57. The third-order valence-electron chi connectivity index (χ3n) is 4.54. The van der Waals surface area contributed by atoms with Crippen molar-refractivity contribution in [3.63, 3.8) is 0 Å². The molecule has 0 bridgehead atoms. The van der Waals surface area contributed by atoms with Gasteiger partial charge in [0.05, 0.1) is 13.7 Å². The van der Waals surface area contributed by atoms with Gasteiger partial charge < -0.3 is 39.7 Å². The fraction of sp³-hybridized carbons (Fsp3) is 0.556. The van der Waals surface area contributed by atoms with Crippen molar-refractivity contribution >= 4 is 11.8 Å². The number of Topliss-reactive ketones (excluding diaryl/α,β-unsaturated/α-hetero) is 1. The summed E-state index contributed by atoms with van der Waals surface area (Å²) in [4.78, 5) is 23.8. The van der Waals surface area contributed by atoms with Gasteiger partial charge in [-0.1, -0.05) is 6.92 Å². The van der Waals surface area contributed by atoms with Gasteiger partial charge in [-0.15, -0.1) is 0 Å². The summed E-state index contributed by atoms with van der Waals surface area (Å²) >= 11 is 0. The van der Waals surface area contributed by atoms with Gasteiger partial charge in [0.1, 0.15) is 35.4 Å². The zero-order chi connectivity index (χ0) is 21.2. The minimum Gasteiger partial charge on any atom is -0.507 e. The van der Waals surface area contributed by atoms with Crippen LogP contribution >= 0.6 is 0 Å². The van der Waals surface area contributed by atoms with E-state index in [9.17, 15) is 35.1 Å². The number of hydrogen-bond acceptors (Lipinski definition) is 10. The molecule has 0 saturated carbocycles. The number of aliphatic hydroxyl groups is 4. The highest BCUT2D eigenvalue weighted by atomic mass is 16.6. The van der Waals surface area contributed by atoms with Crippen LogP contribution in [0.15, 0.2) is 12.1 Å². The molecule has 0 spiro atoms. The first-order chi connectivity index (χ1) is 13.1. The van der Waals surface area contributed by atoms with Crippen molar-refractivity contribution in [2.45, 2.75) is 50.5 Å². The monoisotopic (exact) mass is 400 g/mol. The Morgan fingerprint density at radius 3 is 2.57 bits per heavy atom. The van der Waals surface area contributed by atoms with E-state index in [1.807, 2.05) is 0 Å². The van der Waals surface area contributed by atoms with Crippen LogP contribution in [0, 0.1) is 6.92 Å². The molecule has 5 N–H and O–H groups in total. The van der Waals surface area contributed by atoms with E-state index in [1.165, 1.54) is 12.1 Å². The Hall–Kier alpha value is -2.24. The van der Waals surface area contributed by atoms with Crippen molar-refractivity contribution in [3.05, 3.63) is 23.3 Å². The molecule has 1 saturated heterocycles. The minimum absolute atomic E-state index is 0.0660. The Balaban J connectivity index is 2.26. The topological polar surface area (TPSA) is 163 Å². The Bertz CT molecular complexity index is 748. The third-order valence-corrected chi connectivity index (χ3v) is 4.54. The van der Waals surface area contributed by atoms with E-state index < -0.39 is 48.6 Å². The second-order valence-corrected chi connectivity index (χ2v) is 6.57. The van der Waals surface area contributed by atoms with Gasteiger partial charge >= 0.3 is 5.97 Å². The Kier molecular flexibility index (Phi) is 6.63. The lowest BCUT2D eigenvalue weighted by Gasteiger charge is -2.42. The fourth-order valence-electron chi connectivity index (χ4n) is 2.96. The van der Waals surface area contributed by atoms with Crippen LogP contribution in [-0.2, 0) is 14.3 Å². The summed E-state index contributed by atoms with van der Waals surface area (Å²) in [7, 11) is 0.986. The Morgan fingerprint density at radius 1 is 1.36 bits per heavy atom. The molecule has 1 aliphatic rings. The number of rotatable bonds is 6. The molecule has 10 nitrogen and oxygen atoms in total. The summed E-state index contributed by atoms with van der Waals surface area (Å²) < 4.78 is 14.8. The number of aryl methyl sites for hydroxylation is 1. The molecule has 0 aromatic heterocycles. The maximum Gasteiger partial charge on any atom is 0.343 e. The van der Waals surface area contributed by atoms with Crippen molar-refractivity contribution in [2.24, 2.45) is 0 Å². The molecule has 0 amide bonds. The molecular formula is C18H24O10. The van der Waals surface area contributed by atoms with Crippen LogP contribution < -0.4 is 4.74 Å². The number of phenolic OH excluding ortho intramolecular Hbond substituents is 1. The predicted octanol–water partition coefficient (Wildman–Crippen LogP) is -0.985. The van der Waals surface area contributed by atoms with Crippen LogP contribution in [0.3, 0.4) is 0 Å². The maximum absolute atomic E-state index is 12.1. The number of benzene rings is 1. The molecule has 5 atom stereocenters. The fourth-order valence-corrected chi connectivity index (χ4v) is 2.96. The zero-order valence-electron chi connectivity index (χ0n) is 15.7. The SMILES string of the molecule is CCC(=O)c1c(O)cc(C)cc1OC(O)[C@H]1OC[C@@](O)(C(=O)OC)[C@@H](O)[C@@H]1O. The van der Waals surface area contributed by atoms with Crippen molar-refractivity contribution in [1.29, 1.82) is 0 Å². The highest BCUT2D eigenvalue weighted by Gasteiger charge is 2.56. The van der Waals surface area contributed by atoms with Crippen LogP contribution in [0.5, 0.6) is 11.5 Å². The van der Waals surface area contributed by atoms with Gasteiger partial charge in [-0.05, 0) is 24.6 Å². The first-order valence-corrected chi connectivity index (χ1v) is 8.56. The lowest BCUT2D eigenvalue weighted by atomic mass is 9.87. The van der Waals surface area contributed by atoms with Gasteiger partial charge in [0.15, 0.2) is 5.78 Å². The zero-order valence-corrected chi connectivity index (χ0v) is 15.7. The molecule has 1 fully saturated rings. The van der Waals surface area contributed by atoms with E-state index in [1.54, 1.807) is 13.8 Å². The summed E-state index contributed by atoms with van der Waals surface area (Å²) in [6.45, 7) is 2.44. The number of ketones is 1. The molecule has 28 heavy (non-hydrogen) atoms. The van der Waals surface area contributed by atoms with E-state index in [0.29, 0.717) is 5.56 Å². The highest BCUT2D eigenvalue weighted by molar-refractivity contribution is 6.01. The summed E-state index contributed by atoms with van der Waals surface area (Å²) in [6.07, 6.45) is -7.34. The molecular weight excluding hydrogens is 376 g/mol. The van der Waals surface area contributed by atoms with Gasteiger partial charge in [0, 0.05) is 6.42 Å². The number of esters is 1. The van der Waals surface area contributed by atoms with Gasteiger partial charge in [-0.25, -0.2) is 4.79 Å². The number of ether oxygens (including phenoxy) is 3. The Morgan fingerprint density at radius 2 is 2.00 bits per heavy atom. The second kappa shape index (κ2) is 8.41. The molecule has 1 unspecified atom stereocenters. The molecule has 1 aromatic carbocycles. The molecule has 10 heteroatoms. The molecule has 1 aliphatic heterocycles. The third kappa shape index (κ3) is 3.96. The number of carbonyl (C=O) groups is 2. The number of phenols is 1. The molecule has 0 radical (unpaired) electrons. The van der Waals surface area contributed by atoms with E-state index >= 15 is 0 Å². The first kappa shape index (κ1) is 22.1. The molecule has 0 aliphatic carbocycles. The quantitative estimate of drug-likeness (QED) is 0.228. The van der Waals surface area contributed by atoms with Gasteiger partial charge in [0.25, 0.3) is 0 Å². The summed E-state index contributed by atoms with van der Waals surface area (Å²) in [5.41, 5.74) is -2.13. The molecule has 1 aromatic rings. The average Bonchev–Trinajstić information content (AvgIpc) is 2.64. The predicted molar refractivity (Wildman–Crippen MR) is 92.8 cm³/mol. The minimum atomic E-state index is -2.52. The van der Waals surface area contributed by atoms with Crippen molar-refractivity contribution in [3.8, 4) is 11.5 Å². The number of aliphatic hydroxyl groups excluding tert-OH is 3. The normalized spacial score (nSPS) is 28.5. The smallest absolute Gasteiger partial charge is 0.343 e. The summed E-state index contributed by atoms with van der Waals surface area (Å²) in [5.74, 6) is -2.13. The maximum atomic E-state index is 12.1. The average molecular weight is 400 g/mol. The van der Waals surface area contributed by atoms with E-state index in [4.69, 9.17) is 9.47 Å². The van der Waals surface area contributed by atoms with E-state index in [0.717, 1.165) is 7.11 Å². The van der Waals surface area contributed by atoms with E-state index in [-0.39, 0.29) is 23.5 Å². The first-order valence-electron chi connectivity index (χ1n) is 8.56. The lowest BCUT2D eigenvalue weighted by Crippen LogP contribution is -2.67. The van der Waals surface area contributed by atoms with Crippen molar-refractivity contribution in [2.75, 3.05) is 13.7 Å². The van der Waals surface area contributed by atoms with Crippen molar-refractivity contribution < 1.29 is 49.3 Å². The van der Waals surface area contributed by atoms with E-state index in [2.05, 4.69) is 4.74 Å². The van der Waals surface area contributed by atoms with Gasteiger partial charge in [-0.2, -0.15) is 0 Å². The van der Waals surface area contributed by atoms with Gasteiger partial charge in [-0.3, -0.25) is 4.79 Å². The van der Waals surface area contributed by atoms with Crippen molar-refractivity contribution in [1.82, 2.24) is 0 Å². The summed E-state index contributed by atoms with van der Waals surface area (Å²) in [6, 6.07) is 2.76. The molecule has 2 rings (SSSR count). The number of methoxy groups -OCH3 is 1. The van der Waals surface area contributed by atoms with Gasteiger partial charge in [0.2, 0.25) is 11.9 Å². The largest absolute Gasteiger partial charge is 0.507 e. The molecule has 156 valence electrons. The van der Waals surface area contributed by atoms with Crippen LogP contribution in [0.25, 0.3) is 0 Å². The standard InChI is InChI=1S/C18H24O10/c1-4-9(19)12-10(20)5-8(2)6-11(12)28-16(23)14-13(21)15(22)18(25,7-27-14)17(24)26-3/h5-6,13-16,20-23,25H,4,7H2,1-3H3/t13-,14+,15+,16?,18+/m1/s1. The lowest BCUT2D eigenvalue weighted by molar-refractivity contribution is -0.271. The highest BCUT2D eigenvalue weighted by Crippen LogP contribution is 2.33.